The number of fused-ring (bicyclic) bond motifs is 2. The van der Waals surface area contributed by atoms with E-state index in [4.69, 9.17) is 9.97 Å². The van der Waals surface area contributed by atoms with E-state index in [-0.39, 0.29) is 5.82 Å². The van der Waals surface area contributed by atoms with E-state index >= 15 is 0 Å². The van der Waals surface area contributed by atoms with Gasteiger partial charge in [-0.3, -0.25) is 5.10 Å². The standard InChI is InChI=1S/C37H35FN8/c1-46(2)17-16-40-29-20-27(19-28(38)21-29)30-12-7-13-32-34(30)43-37(42-32)36-35-33(44-45-36)15-14-31(41-35)26-11-6-10-25(18-26)23-39-22-24-8-4-3-5-9-24/h3-15,18-21,39-40H,16-17,22-23H2,1-2H3,(H,42,43)(H,44,45). The maximum atomic E-state index is 14.7. The van der Waals surface area contributed by atoms with E-state index in [2.05, 4.69) is 79.2 Å². The smallest absolute Gasteiger partial charge is 0.161 e. The average Bonchev–Trinajstić information content (AvgIpc) is 3.69. The Bertz CT molecular complexity index is 2120. The molecule has 0 spiro atoms. The van der Waals surface area contributed by atoms with Crippen molar-refractivity contribution in [2.75, 3.05) is 32.5 Å². The van der Waals surface area contributed by atoms with Gasteiger partial charge in [-0.2, -0.15) is 5.10 Å². The van der Waals surface area contributed by atoms with Gasteiger partial charge in [-0.1, -0.05) is 60.7 Å². The molecule has 0 aliphatic carbocycles. The highest BCUT2D eigenvalue weighted by Crippen LogP contribution is 2.33. The van der Waals surface area contributed by atoms with Crippen LogP contribution in [0.2, 0.25) is 0 Å². The Morgan fingerprint density at radius 1 is 0.739 bits per heavy atom. The lowest BCUT2D eigenvalue weighted by Gasteiger charge is -2.13. The van der Waals surface area contributed by atoms with Crippen molar-refractivity contribution >= 4 is 27.8 Å². The van der Waals surface area contributed by atoms with E-state index < -0.39 is 0 Å². The van der Waals surface area contributed by atoms with Crippen molar-refractivity contribution in [3.63, 3.8) is 0 Å². The summed E-state index contributed by atoms with van der Waals surface area (Å²) < 4.78 is 14.7. The number of likely N-dealkylation sites (N-methyl/N-ethyl adjacent to an activating group) is 1. The van der Waals surface area contributed by atoms with Gasteiger partial charge in [-0.25, -0.2) is 14.4 Å². The number of aromatic amines is 2. The summed E-state index contributed by atoms with van der Waals surface area (Å²) in [5.74, 6) is 0.293. The zero-order valence-corrected chi connectivity index (χ0v) is 25.8. The average molecular weight is 611 g/mol. The van der Waals surface area contributed by atoms with Gasteiger partial charge in [0.25, 0.3) is 0 Å². The fraction of sp³-hybridized carbons (Fsp3) is 0.162. The van der Waals surface area contributed by atoms with Gasteiger partial charge in [0, 0.05) is 43.0 Å². The first kappa shape index (κ1) is 29.3. The third kappa shape index (κ3) is 6.37. The molecule has 0 saturated carbocycles. The van der Waals surface area contributed by atoms with E-state index in [0.29, 0.717) is 18.1 Å². The first-order chi connectivity index (χ1) is 22.5. The van der Waals surface area contributed by atoms with Gasteiger partial charge in [0.15, 0.2) is 11.5 Å². The van der Waals surface area contributed by atoms with Crippen LogP contribution in [-0.2, 0) is 13.1 Å². The highest BCUT2D eigenvalue weighted by molar-refractivity contribution is 5.96. The molecule has 4 aromatic carbocycles. The summed E-state index contributed by atoms with van der Waals surface area (Å²) in [4.78, 5) is 15.5. The third-order valence-electron chi connectivity index (χ3n) is 7.97. The number of rotatable bonds is 11. The molecular formula is C37H35FN8. The Labute approximate surface area is 266 Å². The number of anilines is 1. The number of halogens is 1. The number of nitrogens with zero attached hydrogens (tertiary/aromatic N) is 4. The van der Waals surface area contributed by atoms with Crippen LogP contribution in [0.25, 0.3) is 56.0 Å². The first-order valence-electron chi connectivity index (χ1n) is 15.4. The highest BCUT2D eigenvalue weighted by atomic mass is 19.1. The molecule has 3 aromatic heterocycles. The zero-order chi connectivity index (χ0) is 31.5. The molecule has 0 aliphatic rings. The molecule has 8 nitrogen and oxygen atoms in total. The van der Waals surface area contributed by atoms with E-state index in [0.717, 1.165) is 69.8 Å². The third-order valence-corrected chi connectivity index (χ3v) is 7.97. The summed E-state index contributed by atoms with van der Waals surface area (Å²) in [6, 6.07) is 33.7. The lowest BCUT2D eigenvalue weighted by atomic mass is 10.0. The van der Waals surface area contributed by atoms with Crippen molar-refractivity contribution < 1.29 is 4.39 Å². The fourth-order valence-electron chi connectivity index (χ4n) is 5.66. The minimum Gasteiger partial charge on any atom is -0.384 e. The van der Waals surface area contributed by atoms with Crippen LogP contribution in [0.15, 0.2) is 103 Å². The number of hydrogen-bond acceptors (Lipinski definition) is 6. The second-order valence-electron chi connectivity index (χ2n) is 11.7. The maximum Gasteiger partial charge on any atom is 0.161 e. The van der Waals surface area contributed by atoms with Gasteiger partial charge < -0.3 is 20.5 Å². The molecule has 0 atom stereocenters. The molecule has 7 rings (SSSR count). The Hall–Kier alpha value is -5.38. The predicted molar refractivity (Wildman–Crippen MR) is 184 cm³/mol. The Morgan fingerprint density at radius 2 is 1.57 bits per heavy atom. The van der Waals surface area contributed by atoms with E-state index in [9.17, 15) is 4.39 Å². The van der Waals surface area contributed by atoms with Crippen molar-refractivity contribution in [3.8, 4) is 33.9 Å². The van der Waals surface area contributed by atoms with E-state index in [1.54, 1.807) is 6.07 Å². The minimum atomic E-state index is -0.302. The SMILES string of the molecule is CN(C)CCNc1cc(F)cc(-c2cccc3[nH]c(-c4n[nH]c5ccc(-c6cccc(CNCc7ccccc7)c6)nc45)nc23)c1. The number of hydrogen-bond donors (Lipinski definition) is 4. The molecule has 3 heterocycles. The Morgan fingerprint density at radius 3 is 2.43 bits per heavy atom. The molecule has 0 bridgehead atoms. The minimum absolute atomic E-state index is 0.302. The number of imidazole rings is 1. The topological polar surface area (TPSA) is 97.5 Å². The molecule has 9 heteroatoms. The largest absolute Gasteiger partial charge is 0.384 e. The molecule has 7 aromatic rings. The van der Waals surface area contributed by atoms with E-state index in [1.165, 1.54) is 17.2 Å². The second-order valence-corrected chi connectivity index (χ2v) is 11.7. The van der Waals surface area contributed by atoms with Crippen molar-refractivity contribution in [1.82, 2.24) is 35.4 Å². The van der Waals surface area contributed by atoms with Crippen LogP contribution in [0.1, 0.15) is 11.1 Å². The Kier molecular flexibility index (Phi) is 8.24. The van der Waals surface area contributed by atoms with Gasteiger partial charge in [-0.15, -0.1) is 0 Å². The fourth-order valence-corrected chi connectivity index (χ4v) is 5.66. The first-order valence-corrected chi connectivity index (χ1v) is 15.4. The molecule has 0 unspecified atom stereocenters. The normalized spacial score (nSPS) is 11.6. The summed E-state index contributed by atoms with van der Waals surface area (Å²) >= 11 is 0. The van der Waals surface area contributed by atoms with Crippen molar-refractivity contribution in [2.45, 2.75) is 13.1 Å². The zero-order valence-electron chi connectivity index (χ0n) is 25.8. The van der Waals surface area contributed by atoms with Crippen LogP contribution in [0, 0.1) is 5.82 Å². The summed E-state index contributed by atoms with van der Waals surface area (Å²) in [6.07, 6.45) is 0. The van der Waals surface area contributed by atoms with Crippen molar-refractivity contribution in [1.29, 1.82) is 0 Å². The number of benzene rings is 4. The van der Waals surface area contributed by atoms with Gasteiger partial charge in [-0.05, 0) is 73.3 Å². The van der Waals surface area contributed by atoms with Crippen molar-refractivity contribution in [2.24, 2.45) is 0 Å². The van der Waals surface area contributed by atoms with Crippen LogP contribution < -0.4 is 10.6 Å². The van der Waals surface area contributed by atoms with Gasteiger partial charge in [0.1, 0.15) is 11.3 Å². The molecule has 0 radical (unpaired) electrons. The molecule has 230 valence electrons. The molecule has 4 N–H and O–H groups in total. The number of para-hydroxylation sites is 1. The van der Waals surface area contributed by atoms with Crippen LogP contribution in [0.4, 0.5) is 10.1 Å². The van der Waals surface area contributed by atoms with Gasteiger partial charge >= 0.3 is 0 Å². The molecule has 46 heavy (non-hydrogen) atoms. The quantitative estimate of drug-likeness (QED) is 0.123. The predicted octanol–water partition coefficient (Wildman–Crippen LogP) is 7.24. The summed E-state index contributed by atoms with van der Waals surface area (Å²) in [5, 5.41) is 14.6. The van der Waals surface area contributed by atoms with Gasteiger partial charge in [0.2, 0.25) is 0 Å². The number of aromatic nitrogens is 5. The summed E-state index contributed by atoms with van der Waals surface area (Å²) in [5.41, 5.74) is 10.4. The van der Waals surface area contributed by atoms with Crippen LogP contribution >= 0.6 is 0 Å². The molecule has 0 amide bonds. The summed E-state index contributed by atoms with van der Waals surface area (Å²) in [7, 11) is 4.02. The second kappa shape index (κ2) is 12.9. The molecule has 0 fully saturated rings. The molecular weight excluding hydrogens is 575 g/mol. The lowest BCUT2D eigenvalue weighted by molar-refractivity contribution is 0.425. The maximum absolute atomic E-state index is 14.7. The van der Waals surface area contributed by atoms with Crippen molar-refractivity contribution in [3.05, 3.63) is 120 Å². The molecule has 0 aliphatic heterocycles. The van der Waals surface area contributed by atoms with Gasteiger partial charge in [0.05, 0.1) is 22.2 Å². The lowest BCUT2D eigenvalue weighted by Crippen LogP contribution is -2.20. The summed E-state index contributed by atoms with van der Waals surface area (Å²) in [6.45, 7) is 3.11. The number of nitrogens with one attached hydrogen (secondary N) is 4. The van der Waals surface area contributed by atoms with Crippen LogP contribution in [0.3, 0.4) is 0 Å². The Balaban J connectivity index is 1.17. The van der Waals surface area contributed by atoms with Crippen LogP contribution in [-0.4, -0.2) is 57.2 Å². The highest BCUT2D eigenvalue weighted by Gasteiger charge is 2.17. The van der Waals surface area contributed by atoms with E-state index in [1.807, 2.05) is 56.6 Å². The number of pyridine rings is 1. The monoisotopic (exact) mass is 610 g/mol. The number of H-pyrrole nitrogens is 2. The van der Waals surface area contributed by atoms with Crippen LogP contribution in [0.5, 0.6) is 0 Å². The molecule has 0 saturated heterocycles.